The first-order chi connectivity index (χ1) is 13.9. The molecule has 1 amide bonds. The molecule has 6 heteroatoms. The minimum absolute atomic E-state index is 0.133. The van der Waals surface area contributed by atoms with Gasteiger partial charge in [0, 0.05) is 35.1 Å². The fraction of sp³-hybridized carbons (Fsp3) is 0.304. The number of aromatic amines is 1. The number of nitrogens with one attached hydrogen (secondary N) is 1. The summed E-state index contributed by atoms with van der Waals surface area (Å²) in [6.07, 6.45) is 6.42. The molecule has 0 radical (unpaired) electrons. The minimum atomic E-state index is -0.136. The van der Waals surface area contributed by atoms with E-state index in [1.165, 1.54) is 0 Å². The Bertz CT molecular complexity index is 1190. The van der Waals surface area contributed by atoms with Crippen molar-refractivity contribution in [3.63, 3.8) is 0 Å². The van der Waals surface area contributed by atoms with Crippen molar-refractivity contribution in [2.45, 2.75) is 45.8 Å². The van der Waals surface area contributed by atoms with E-state index in [0.29, 0.717) is 19.5 Å². The Morgan fingerprint density at radius 2 is 1.86 bits per heavy atom. The first kappa shape index (κ1) is 17.8. The maximum Gasteiger partial charge on any atom is 0.227 e. The summed E-state index contributed by atoms with van der Waals surface area (Å²) in [5, 5.41) is 6.01. The fourth-order valence-electron chi connectivity index (χ4n) is 4.14. The first-order valence-corrected chi connectivity index (χ1v) is 9.99. The van der Waals surface area contributed by atoms with Gasteiger partial charge >= 0.3 is 0 Å². The number of carbonyl (C=O) groups excluding carboxylic acids is 1. The van der Waals surface area contributed by atoms with Crippen molar-refractivity contribution in [1.82, 2.24) is 24.2 Å². The smallest absolute Gasteiger partial charge is 0.227 e. The highest BCUT2D eigenvalue weighted by molar-refractivity contribution is 5.89. The van der Waals surface area contributed by atoms with Crippen LogP contribution in [0.3, 0.4) is 0 Å². The van der Waals surface area contributed by atoms with Crippen molar-refractivity contribution < 1.29 is 4.79 Å². The molecule has 1 aliphatic rings. The van der Waals surface area contributed by atoms with Crippen LogP contribution in [0.15, 0.2) is 55.0 Å². The number of carbonyl (C=O) groups is 1. The van der Waals surface area contributed by atoms with E-state index < -0.39 is 0 Å². The van der Waals surface area contributed by atoms with Crippen LogP contribution in [0.1, 0.15) is 37.6 Å². The number of H-pyrrole nitrogens is 1. The summed E-state index contributed by atoms with van der Waals surface area (Å²) in [4.78, 5) is 18.2. The summed E-state index contributed by atoms with van der Waals surface area (Å²) >= 11 is 0. The molecule has 3 aromatic heterocycles. The number of benzene rings is 1. The van der Waals surface area contributed by atoms with Gasteiger partial charge < -0.3 is 14.5 Å². The van der Waals surface area contributed by atoms with Gasteiger partial charge in [-0.05, 0) is 44.5 Å². The lowest BCUT2D eigenvalue weighted by molar-refractivity contribution is -0.131. The average molecular weight is 387 g/mol. The van der Waals surface area contributed by atoms with Crippen molar-refractivity contribution in [3.05, 3.63) is 71.8 Å². The van der Waals surface area contributed by atoms with Crippen LogP contribution in [0.4, 0.5) is 0 Å². The molecular weight excluding hydrogens is 362 g/mol. The van der Waals surface area contributed by atoms with Gasteiger partial charge in [-0.2, -0.15) is 5.10 Å². The molecule has 0 aliphatic carbocycles. The van der Waals surface area contributed by atoms with Gasteiger partial charge in [0.15, 0.2) is 0 Å². The summed E-state index contributed by atoms with van der Waals surface area (Å²) in [7, 11) is 0. The second-order valence-corrected chi connectivity index (χ2v) is 8.71. The maximum absolute atomic E-state index is 13.1. The highest BCUT2D eigenvalue weighted by Gasteiger charge is 2.33. The van der Waals surface area contributed by atoms with Gasteiger partial charge in [0.05, 0.1) is 30.7 Å². The normalized spacial score (nSPS) is 14.0. The molecule has 6 nitrogen and oxygen atoms in total. The molecule has 4 aromatic rings. The second-order valence-electron chi connectivity index (χ2n) is 8.71. The summed E-state index contributed by atoms with van der Waals surface area (Å²) in [6, 6.07) is 12.1. The molecule has 0 saturated heterocycles. The van der Waals surface area contributed by atoms with Gasteiger partial charge in [0.2, 0.25) is 5.91 Å². The van der Waals surface area contributed by atoms with Gasteiger partial charge in [-0.3, -0.25) is 4.79 Å². The van der Waals surface area contributed by atoms with Crippen LogP contribution in [0.2, 0.25) is 0 Å². The van der Waals surface area contributed by atoms with Gasteiger partial charge in [-0.25, -0.2) is 4.68 Å². The third-order valence-electron chi connectivity index (χ3n) is 5.58. The molecule has 1 aliphatic heterocycles. The summed E-state index contributed by atoms with van der Waals surface area (Å²) in [5.41, 5.74) is 4.11. The molecule has 0 spiro atoms. The van der Waals surface area contributed by atoms with E-state index in [9.17, 15) is 4.79 Å². The zero-order valence-corrected chi connectivity index (χ0v) is 17.0. The number of nitrogens with zero attached hydrogens (tertiary/aromatic N) is 4. The summed E-state index contributed by atoms with van der Waals surface area (Å²) in [5.74, 6) is 1.19. The monoisotopic (exact) mass is 387 g/mol. The number of aromatic nitrogens is 4. The van der Waals surface area contributed by atoms with Crippen LogP contribution in [-0.4, -0.2) is 30.1 Å². The zero-order chi connectivity index (χ0) is 20.2. The van der Waals surface area contributed by atoms with Crippen LogP contribution in [-0.2, 0) is 29.8 Å². The molecule has 0 saturated carbocycles. The molecule has 148 valence electrons. The highest BCUT2D eigenvalue weighted by atomic mass is 16.2. The minimum Gasteiger partial charge on any atom is -0.361 e. The summed E-state index contributed by atoms with van der Waals surface area (Å²) in [6.45, 7) is 7.63. The van der Waals surface area contributed by atoms with Gasteiger partial charge in [0.1, 0.15) is 5.82 Å². The van der Waals surface area contributed by atoms with E-state index in [2.05, 4.69) is 41.1 Å². The Balaban J connectivity index is 1.43. The topological polar surface area (TPSA) is 58.9 Å². The maximum atomic E-state index is 13.1. The molecule has 0 atom stereocenters. The van der Waals surface area contributed by atoms with E-state index in [1.54, 1.807) is 0 Å². The van der Waals surface area contributed by atoms with Gasteiger partial charge in [-0.15, -0.1) is 0 Å². The Hall–Kier alpha value is -3.28. The van der Waals surface area contributed by atoms with Crippen LogP contribution in [0, 0.1) is 0 Å². The van der Waals surface area contributed by atoms with Crippen molar-refractivity contribution in [2.24, 2.45) is 0 Å². The molecule has 1 aromatic carbocycles. The number of rotatable bonds is 3. The lowest BCUT2D eigenvalue weighted by atomic mass is 10.1. The van der Waals surface area contributed by atoms with Crippen molar-refractivity contribution in [1.29, 1.82) is 0 Å². The zero-order valence-electron chi connectivity index (χ0n) is 17.0. The number of para-hydroxylation sites is 1. The van der Waals surface area contributed by atoms with E-state index in [4.69, 9.17) is 5.10 Å². The number of fused-ring (bicyclic) bond motifs is 2. The van der Waals surface area contributed by atoms with Crippen LogP contribution in [0.25, 0.3) is 16.7 Å². The Morgan fingerprint density at radius 1 is 1.10 bits per heavy atom. The van der Waals surface area contributed by atoms with Crippen LogP contribution >= 0.6 is 0 Å². The molecule has 0 unspecified atom stereocenters. The van der Waals surface area contributed by atoms with Crippen molar-refractivity contribution in [2.75, 3.05) is 0 Å². The van der Waals surface area contributed by atoms with Crippen LogP contribution in [0.5, 0.6) is 0 Å². The second kappa shape index (κ2) is 6.37. The van der Waals surface area contributed by atoms with Gasteiger partial charge in [0.25, 0.3) is 0 Å². The van der Waals surface area contributed by atoms with E-state index in [-0.39, 0.29) is 11.4 Å². The molecule has 4 heterocycles. The average Bonchev–Trinajstić information content (AvgIpc) is 3.44. The molecule has 5 rings (SSSR count). The largest absolute Gasteiger partial charge is 0.361 e. The van der Waals surface area contributed by atoms with E-state index >= 15 is 0 Å². The highest BCUT2D eigenvalue weighted by Crippen LogP contribution is 2.32. The summed E-state index contributed by atoms with van der Waals surface area (Å²) < 4.78 is 4.18. The molecule has 0 fully saturated rings. The molecular formula is C23H25N5O. The Morgan fingerprint density at radius 3 is 2.62 bits per heavy atom. The Kier molecular flexibility index (Phi) is 3.91. The number of amides is 1. The number of hydrogen-bond donors (Lipinski definition) is 1. The lowest BCUT2D eigenvalue weighted by Gasteiger charge is -2.24. The standard InChI is InChI=1S/C23H25N5O/c1-23(2,3)28-22(26-10-6-7-11-26)18-14-27(15-20(18)25-28)21(29)12-16-13-24-19-9-5-4-8-17(16)19/h4-11,13,24H,12,14-15H2,1-3H3. The molecule has 0 bridgehead atoms. The molecule has 29 heavy (non-hydrogen) atoms. The quantitative estimate of drug-likeness (QED) is 0.578. The van der Waals surface area contributed by atoms with Crippen molar-refractivity contribution >= 4 is 16.8 Å². The van der Waals surface area contributed by atoms with Crippen molar-refractivity contribution in [3.8, 4) is 5.82 Å². The van der Waals surface area contributed by atoms with Crippen LogP contribution < -0.4 is 0 Å². The SMILES string of the molecule is CC(C)(C)n1nc2c(c1-n1cccc1)CN(C(=O)Cc1c[nH]c3ccccc13)C2. The lowest BCUT2D eigenvalue weighted by Crippen LogP contribution is -2.30. The molecule has 1 N–H and O–H groups in total. The predicted octanol–water partition coefficient (Wildman–Crippen LogP) is 4.00. The van der Waals surface area contributed by atoms with E-state index in [1.807, 2.05) is 53.8 Å². The first-order valence-electron chi connectivity index (χ1n) is 9.99. The van der Waals surface area contributed by atoms with E-state index in [0.717, 1.165) is 33.5 Å². The fourth-order valence-corrected chi connectivity index (χ4v) is 4.14. The number of hydrogen-bond acceptors (Lipinski definition) is 2. The Labute approximate surface area is 169 Å². The van der Waals surface area contributed by atoms with Gasteiger partial charge in [-0.1, -0.05) is 18.2 Å². The third kappa shape index (κ3) is 2.95. The third-order valence-corrected chi connectivity index (χ3v) is 5.58. The predicted molar refractivity (Wildman–Crippen MR) is 113 cm³/mol.